The maximum atomic E-state index is 13.5. The van der Waals surface area contributed by atoms with Gasteiger partial charge in [0.15, 0.2) is 0 Å². The molecule has 0 unspecified atom stereocenters. The van der Waals surface area contributed by atoms with E-state index in [9.17, 15) is 17.6 Å². The lowest BCUT2D eigenvalue weighted by molar-refractivity contribution is -0.137. The summed E-state index contributed by atoms with van der Waals surface area (Å²) in [6.45, 7) is 55.7. The van der Waals surface area contributed by atoms with E-state index < -0.39 is 11.7 Å². The van der Waals surface area contributed by atoms with Crippen molar-refractivity contribution in [3.8, 4) is 5.75 Å². The number of fused-ring (bicyclic) bond motifs is 4. The van der Waals surface area contributed by atoms with E-state index in [1.54, 1.807) is 10.5 Å². The van der Waals surface area contributed by atoms with Gasteiger partial charge in [-0.3, -0.25) is 0 Å². The zero-order chi connectivity index (χ0) is 62.1. The number of hydrogen-bond acceptors (Lipinski definition) is 6. The second-order valence-corrected chi connectivity index (χ2v) is 30.7. The molecule has 81 heavy (non-hydrogen) atoms. The molecule has 0 atom stereocenters. The summed E-state index contributed by atoms with van der Waals surface area (Å²) >= 11 is 6.42. The Kier molecular flexibility index (Phi) is 18.4. The van der Waals surface area contributed by atoms with Crippen LogP contribution in [0.1, 0.15) is 231 Å². The standard InChI is InChI=1S/C18H27ClN2O.C17H27N3.C16H21F3N2.C15H21FN2/c1-11(2)22-13-9-14-20-15(17(3,4)5)16(18(6,7)8)21(14)10-12(13)19;1-16(2,3)14-15(17(4,5)6)20-10-9-12(19(7)8)11-13(20)18-14;1-14(2,3)12-13(15(4,5)6)21-8-7-10(16(17,18)19)9-11(21)20-12;1-14(2,3)12-13(15(4,5)6)18-9-10(16)7-8-11(18)17-12/h9-11H,1-8H3;9-11H,1-8H3;7-9H,1-6H3;7-9H,1-6H3. The first-order valence-electron chi connectivity index (χ1n) is 28.2. The first-order chi connectivity index (χ1) is 36.3. The van der Waals surface area contributed by atoms with Crippen LogP contribution in [0.3, 0.4) is 0 Å². The molecular weight excluding hydrogens is 1050 g/mol. The molecule has 0 aliphatic rings. The normalized spacial score (nSPS) is 13.4. The summed E-state index contributed by atoms with van der Waals surface area (Å²) in [7, 11) is 4.12. The van der Waals surface area contributed by atoms with Crippen LogP contribution in [0.4, 0.5) is 23.2 Å². The van der Waals surface area contributed by atoms with Crippen LogP contribution in [0.25, 0.3) is 22.6 Å². The van der Waals surface area contributed by atoms with Gasteiger partial charge >= 0.3 is 6.18 Å². The summed E-state index contributed by atoms with van der Waals surface area (Å²) in [4.78, 5) is 21.1. The molecule has 0 aliphatic carbocycles. The van der Waals surface area contributed by atoms with E-state index in [-0.39, 0.29) is 55.2 Å². The first kappa shape index (κ1) is 66.2. The zero-order valence-corrected chi connectivity index (χ0v) is 55.0. The molecule has 0 saturated carbocycles. The molecule has 8 aromatic rings. The average molecular weight is 1140 g/mol. The van der Waals surface area contributed by atoms with Gasteiger partial charge in [-0.1, -0.05) is 178 Å². The van der Waals surface area contributed by atoms with Crippen LogP contribution in [0.2, 0.25) is 5.02 Å². The van der Waals surface area contributed by atoms with Crippen molar-refractivity contribution in [1.29, 1.82) is 0 Å². The number of halogens is 5. The number of aromatic nitrogens is 8. The van der Waals surface area contributed by atoms with Crippen LogP contribution >= 0.6 is 11.6 Å². The third kappa shape index (κ3) is 15.3. The van der Waals surface area contributed by atoms with E-state index >= 15 is 0 Å². The number of anilines is 1. The van der Waals surface area contributed by atoms with Crippen LogP contribution in [-0.4, -0.2) is 57.7 Å². The molecule has 0 radical (unpaired) electrons. The zero-order valence-electron chi connectivity index (χ0n) is 54.3. The Hall–Kier alpha value is -5.63. The Labute approximate surface area is 487 Å². The number of pyridine rings is 4. The number of hydrogen-bond donors (Lipinski definition) is 0. The van der Waals surface area contributed by atoms with E-state index in [2.05, 4.69) is 181 Å². The fourth-order valence-corrected chi connectivity index (χ4v) is 10.1. The fraction of sp³-hybridized carbons (Fsp3) is 0.576. The predicted octanol–water partition coefficient (Wildman–Crippen LogP) is 18.4. The number of alkyl halides is 3. The Morgan fingerprint density at radius 3 is 1.15 bits per heavy atom. The molecule has 0 spiro atoms. The van der Waals surface area contributed by atoms with Crippen molar-refractivity contribution < 1.29 is 22.3 Å². The van der Waals surface area contributed by atoms with E-state index in [0.717, 1.165) is 57.5 Å². The van der Waals surface area contributed by atoms with Gasteiger partial charge in [0, 0.05) is 100 Å². The highest BCUT2D eigenvalue weighted by Crippen LogP contribution is 2.40. The molecule has 0 bridgehead atoms. The largest absolute Gasteiger partial charge is 0.489 e. The predicted molar refractivity (Wildman–Crippen MR) is 330 cm³/mol. The maximum absolute atomic E-state index is 13.5. The Balaban J connectivity index is 0.000000199. The van der Waals surface area contributed by atoms with Crippen molar-refractivity contribution in [3.63, 3.8) is 0 Å². The van der Waals surface area contributed by atoms with Gasteiger partial charge in [-0.05, 0) is 44.2 Å². The second kappa shape index (κ2) is 22.5. The van der Waals surface area contributed by atoms with Gasteiger partial charge in [0.05, 0.1) is 62.2 Å². The van der Waals surface area contributed by atoms with Gasteiger partial charge in [-0.25, -0.2) is 24.3 Å². The molecule has 8 heterocycles. The first-order valence-corrected chi connectivity index (χ1v) is 28.6. The third-order valence-corrected chi connectivity index (χ3v) is 13.7. The van der Waals surface area contributed by atoms with Crippen LogP contribution in [0, 0.1) is 5.82 Å². The molecule has 0 aromatic carbocycles. The van der Waals surface area contributed by atoms with E-state index in [4.69, 9.17) is 26.3 Å². The average Bonchev–Trinajstić information content (AvgIpc) is 4.05. The maximum Gasteiger partial charge on any atom is 0.416 e. The lowest BCUT2D eigenvalue weighted by atomic mass is 9.82. The molecule has 0 fully saturated rings. The van der Waals surface area contributed by atoms with E-state index in [0.29, 0.717) is 16.4 Å². The van der Waals surface area contributed by atoms with Gasteiger partial charge in [-0.2, -0.15) is 13.2 Å². The van der Waals surface area contributed by atoms with E-state index in [1.807, 2.05) is 72.1 Å². The Morgan fingerprint density at radius 2 is 0.790 bits per heavy atom. The van der Waals surface area contributed by atoms with Crippen molar-refractivity contribution in [2.75, 3.05) is 19.0 Å². The quantitative estimate of drug-likeness (QED) is 0.164. The summed E-state index contributed by atoms with van der Waals surface area (Å²) in [5.41, 5.74) is 11.8. The minimum absolute atomic E-state index is 0.0220. The number of rotatable bonds is 3. The van der Waals surface area contributed by atoms with Crippen molar-refractivity contribution in [1.82, 2.24) is 37.5 Å². The Morgan fingerprint density at radius 1 is 0.444 bits per heavy atom. The van der Waals surface area contributed by atoms with Crippen molar-refractivity contribution in [2.45, 2.75) is 236 Å². The second-order valence-electron chi connectivity index (χ2n) is 30.3. The smallest absolute Gasteiger partial charge is 0.416 e. The van der Waals surface area contributed by atoms with Crippen molar-refractivity contribution >= 4 is 39.9 Å². The van der Waals surface area contributed by atoms with Gasteiger partial charge in [0.2, 0.25) is 0 Å². The van der Waals surface area contributed by atoms with Crippen LogP contribution in [0.15, 0.2) is 67.3 Å². The topological polar surface area (TPSA) is 81.7 Å². The monoisotopic (exact) mass is 1140 g/mol. The van der Waals surface area contributed by atoms with Gasteiger partial charge in [0.25, 0.3) is 0 Å². The number of imidazole rings is 4. The SMILES string of the molecule is CC(C)(C)c1nc2cc(C(F)(F)F)ccn2c1C(C)(C)C.CC(C)(C)c1nc2ccc(F)cn2c1C(C)(C)C.CC(C)Oc1cc2nc(C(C)(C)C)c(C(C)(C)C)n2cc1Cl.CN(C)c1ccn2c(C(C)(C)C)c(C(C)(C)C)nc2c1. The molecule has 15 heteroatoms. The van der Waals surface area contributed by atoms with Crippen LogP contribution in [0.5, 0.6) is 5.75 Å². The van der Waals surface area contributed by atoms with Crippen LogP contribution < -0.4 is 9.64 Å². The summed E-state index contributed by atoms with van der Waals surface area (Å²) in [5, 5.41) is 0.615. The number of ether oxygens (including phenoxy) is 1. The summed E-state index contributed by atoms with van der Waals surface area (Å²) < 4.78 is 65.8. The Bertz CT molecular complexity index is 3500. The summed E-state index contributed by atoms with van der Waals surface area (Å²) in [6, 6.07) is 11.7. The highest BCUT2D eigenvalue weighted by atomic mass is 35.5. The number of nitrogens with zero attached hydrogens (tertiary/aromatic N) is 9. The molecule has 8 rings (SSSR count). The van der Waals surface area contributed by atoms with Crippen LogP contribution in [-0.2, 0) is 49.5 Å². The molecule has 0 amide bonds. The lowest BCUT2D eigenvalue weighted by Crippen LogP contribution is -2.23. The van der Waals surface area contributed by atoms with Crippen molar-refractivity contribution in [2.24, 2.45) is 0 Å². The minimum atomic E-state index is -4.35. The highest BCUT2D eigenvalue weighted by Gasteiger charge is 2.36. The summed E-state index contributed by atoms with van der Waals surface area (Å²) in [5.74, 6) is 0.459. The molecule has 0 N–H and O–H groups in total. The van der Waals surface area contributed by atoms with Gasteiger partial charge in [-0.15, -0.1) is 0 Å². The molecular formula is C66H96ClF4N9O. The molecule has 0 aliphatic heterocycles. The third-order valence-electron chi connectivity index (χ3n) is 13.4. The minimum Gasteiger partial charge on any atom is -0.489 e. The molecule has 446 valence electrons. The highest BCUT2D eigenvalue weighted by molar-refractivity contribution is 6.32. The fourth-order valence-electron chi connectivity index (χ4n) is 9.90. The van der Waals surface area contributed by atoms with E-state index in [1.165, 1.54) is 41.2 Å². The lowest BCUT2D eigenvalue weighted by Gasteiger charge is -2.26. The molecule has 10 nitrogen and oxygen atoms in total. The van der Waals surface area contributed by atoms with Gasteiger partial charge < -0.3 is 27.2 Å². The van der Waals surface area contributed by atoms with Gasteiger partial charge in [0.1, 0.15) is 34.2 Å². The summed E-state index contributed by atoms with van der Waals surface area (Å²) in [6.07, 6.45) is 2.81. The molecule has 0 saturated heterocycles. The van der Waals surface area contributed by atoms with Crippen molar-refractivity contribution in [3.05, 3.63) is 129 Å². The molecule has 8 aromatic heterocycles.